The van der Waals surface area contributed by atoms with Crippen LogP contribution in [-0.4, -0.2) is 50.4 Å². The largest absolute Gasteiger partial charge is 0.379 e. The van der Waals surface area contributed by atoms with Crippen molar-refractivity contribution in [1.82, 2.24) is 24.1 Å². The highest BCUT2D eigenvalue weighted by Crippen LogP contribution is 2.27. The van der Waals surface area contributed by atoms with E-state index in [2.05, 4.69) is 81.3 Å². The third kappa shape index (κ3) is 4.06. The maximum Gasteiger partial charge on any atom is 0.137 e. The molecule has 6 heteroatoms. The summed E-state index contributed by atoms with van der Waals surface area (Å²) in [5.41, 5.74) is 7.84. The first-order valence-electron chi connectivity index (χ1n) is 11.3. The molecule has 5 aromatic rings. The molecule has 0 bridgehead atoms. The van der Waals surface area contributed by atoms with E-state index in [0.29, 0.717) is 0 Å². The summed E-state index contributed by atoms with van der Waals surface area (Å²) in [5.74, 6) is 0. The molecular formula is C27H25N5O. The fraction of sp³-hybridized carbons (Fsp3) is 0.185. The minimum Gasteiger partial charge on any atom is -0.379 e. The predicted molar refractivity (Wildman–Crippen MR) is 129 cm³/mol. The van der Waals surface area contributed by atoms with E-state index in [0.717, 1.165) is 55.4 Å². The first-order valence-corrected chi connectivity index (χ1v) is 11.3. The highest BCUT2D eigenvalue weighted by Gasteiger charge is 2.12. The molecule has 1 aliphatic rings. The summed E-state index contributed by atoms with van der Waals surface area (Å²) >= 11 is 0. The second-order valence-electron chi connectivity index (χ2n) is 8.37. The van der Waals surface area contributed by atoms with Crippen molar-refractivity contribution < 1.29 is 4.74 Å². The van der Waals surface area contributed by atoms with Gasteiger partial charge < -0.3 is 4.74 Å². The summed E-state index contributed by atoms with van der Waals surface area (Å²) in [6, 6.07) is 23.5. The van der Waals surface area contributed by atoms with Crippen molar-refractivity contribution in [3.8, 4) is 28.1 Å². The van der Waals surface area contributed by atoms with Gasteiger partial charge in [-0.2, -0.15) is 5.10 Å². The number of morpholine rings is 1. The fourth-order valence-corrected chi connectivity index (χ4v) is 4.42. The lowest BCUT2D eigenvalue weighted by atomic mass is 10.0. The van der Waals surface area contributed by atoms with Crippen LogP contribution in [0.5, 0.6) is 0 Å². The van der Waals surface area contributed by atoms with Crippen LogP contribution in [0.25, 0.3) is 33.7 Å². The molecule has 4 heterocycles. The lowest BCUT2D eigenvalue weighted by Crippen LogP contribution is -2.35. The number of pyridine rings is 1. The number of benzene rings is 2. The molecule has 164 valence electrons. The minimum absolute atomic E-state index is 0.831. The van der Waals surface area contributed by atoms with E-state index >= 15 is 0 Å². The Morgan fingerprint density at radius 2 is 1.70 bits per heavy atom. The Balaban J connectivity index is 1.26. The lowest BCUT2D eigenvalue weighted by molar-refractivity contribution is 0.0342. The van der Waals surface area contributed by atoms with Gasteiger partial charge in [0.2, 0.25) is 0 Å². The zero-order valence-electron chi connectivity index (χ0n) is 18.3. The van der Waals surface area contributed by atoms with Crippen LogP contribution in [0.4, 0.5) is 0 Å². The van der Waals surface area contributed by atoms with Gasteiger partial charge in [0.15, 0.2) is 0 Å². The maximum atomic E-state index is 5.45. The average Bonchev–Trinajstić information content (AvgIpc) is 3.55. The van der Waals surface area contributed by atoms with Gasteiger partial charge in [0.25, 0.3) is 0 Å². The average molecular weight is 436 g/mol. The molecule has 0 saturated carbocycles. The zero-order chi connectivity index (χ0) is 22.0. The molecule has 0 aliphatic carbocycles. The van der Waals surface area contributed by atoms with E-state index in [1.807, 2.05) is 23.1 Å². The molecule has 2 aromatic carbocycles. The third-order valence-corrected chi connectivity index (χ3v) is 6.22. The van der Waals surface area contributed by atoms with Crippen LogP contribution in [0.3, 0.4) is 0 Å². The maximum absolute atomic E-state index is 5.45. The van der Waals surface area contributed by atoms with Gasteiger partial charge >= 0.3 is 0 Å². The van der Waals surface area contributed by atoms with Crippen LogP contribution >= 0.6 is 0 Å². The summed E-state index contributed by atoms with van der Waals surface area (Å²) in [5, 5.41) is 4.34. The van der Waals surface area contributed by atoms with Crippen LogP contribution in [0.1, 0.15) is 5.56 Å². The summed E-state index contributed by atoms with van der Waals surface area (Å²) in [7, 11) is 0. The number of ether oxygens (including phenoxy) is 1. The van der Waals surface area contributed by atoms with Crippen molar-refractivity contribution in [2.24, 2.45) is 0 Å². The van der Waals surface area contributed by atoms with Crippen molar-refractivity contribution in [2.75, 3.05) is 26.3 Å². The molecule has 1 fully saturated rings. The van der Waals surface area contributed by atoms with Crippen LogP contribution in [0, 0.1) is 0 Å². The molecule has 6 nitrogen and oxygen atoms in total. The van der Waals surface area contributed by atoms with E-state index < -0.39 is 0 Å². The molecule has 0 atom stereocenters. The molecule has 1 aliphatic heterocycles. The second-order valence-corrected chi connectivity index (χ2v) is 8.37. The van der Waals surface area contributed by atoms with Gasteiger partial charge in [-0.05, 0) is 47.0 Å². The van der Waals surface area contributed by atoms with Gasteiger partial charge in [-0.1, -0.05) is 36.4 Å². The zero-order valence-corrected chi connectivity index (χ0v) is 18.3. The normalized spacial score (nSPS) is 14.7. The van der Waals surface area contributed by atoms with E-state index in [-0.39, 0.29) is 0 Å². The summed E-state index contributed by atoms with van der Waals surface area (Å²) < 4.78 is 9.45. The Morgan fingerprint density at radius 3 is 2.52 bits per heavy atom. The molecule has 0 radical (unpaired) electrons. The van der Waals surface area contributed by atoms with E-state index in [4.69, 9.17) is 9.72 Å². The third-order valence-electron chi connectivity index (χ3n) is 6.22. The van der Waals surface area contributed by atoms with Gasteiger partial charge in [0.05, 0.1) is 30.8 Å². The second kappa shape index (κ2) is 8.65. The number of rotatable bonds is 5. The number of hydrogen-bond acceptors (Lipinski definition) is 4. The fourth-order valence-electron chi connectivity index (χ4n) is 4.42. The van der Waals surface area contributed by atoms with Gasteiger partial charge in [0, 0.05) is 43.8 Å². The van der Waals surface area contributed by atoms with Crippen molar-refractivity contribution in [3.05, 3.63) is 97.1 Å². The SMILES string of the molecule is c1cc(-c2cnc3cc(-c4ccc(CN5CCOCC5)cc4)ccn23)cc(-n2cccn2)c1. The summed E-state index contributed by atoms with van der Waals surface area (Å²) in [6.45, 7) is 4.65. The van der Waals surface area contributed by atoms with E-state index in [9.17, 15) is 0 Å². The molecule has 33 heavy (non-hydrogen) atoms. The molecule has 1 saturated heterocycles. The molecule has 0 spiro atoms. The molecule has 0 N–H and O–H groups in total. The molecule has 0 unspecified atom stereocenters. The van der Waals surface area contributed by atoms with Crippen LogP contribution in [0.15, 0.2) is 91.5 Å². The van der Waals surface area contributed by atoms with Crippen LogP contribution in [-0.2, 0) is 11.3 Å². The van der Waals surface area contributed by atoms with Crippen molar-refractivity contribution in [3.63, 3.8) is 0 Å². The van der Waals surface area contributed by atoms with Gasteiger partial charge in [-0.15, -0.1) is 0 Å². The van der Waals surface area contributed by atoms with Gasteiger partial charge in [-0.25, -0.2) is 9.67 Å². The predicted octanol–water partition coefficient (Wildman–Crippen LogP) is 4.69. The standard InChI is InChI=1S/C27H25N5O/c1-3-24(17-25(4-1)32-11-2-10-29-32)26-19-28-27-18-23(9-12-31(26)27)22-7-5-21(6-8-22)20-30-13-15-33-16-14-30/h1-12,17-19H,13-16,20H2. The van der Waals surface area contributed by atoms with Crippen LogP contribution < -0.4 is 0 Å². The number of fused-ring (bicyclic) bond motifs is 1. The van der Waals surface area contributed by atoms with Crippen molar-refractivity contribution in [1.29, 1.82) is 0 Å². The van der Waals surface area contributed by atoms with Crippen molar-refractivity contribution >= 4 is 5.65 Å². The highest BCUT2D eigenvalue weighted by molar-refractivity contribution is 5.71. The Labute approximate surface area is 192 Å². The Kier molecular flexibility index (Phi) is 5.22. The van der Waals surface area contributed by atoms with Gasteiger partial charge in [-0.3, -0.25) is 9.30 Å². The molecule has 0 amide bonds. The summed E-state index contributed by atoms with van der Waals surface area (Å²) in [4.78, 5) is 7.13. The topological polar surface area (TPSA) is 47.6 Å². The summed E-state index contributed by atoms with van der Waals surface area (Å²) in [6.07, 6.45) is 7.78. The number of imidazole rings is 1. The van der Waals surface area contributed by atoms with Gasteiger partial charge in [0.1, 0.15) is 5.65 Å². The Morgan fingerprint density at radius 1 is 0.818 bits per heavy atom. The Bertz CT molecular complexity index is 1370. The van der Waals surface area contributed by atoms with Crippen molar-refractivity contribution in [2.45, 2.75) is 6.54 Å². The highest BCUT2D eigenvalue weighted by atomic mass is 16.5. The molecular weight excluding hydrogens is 410 g/mol. The monoisotopic (exact) mass is 435 g/mol. The Hall–Kier alpha value is -3.74. The molecule has 6 rings (SSSR count). The quantitative estimate of drug-likeness (QED) is 0.402. The minimum atomic E-state index is 0.831. The number of nitrogens with zero attached hydrogens (tertiary/aromatic N) is 5. The lowest BCUT2D eigenvalue weighted by Gasteiger charge is -2.26. The van der Waals surface area contributed by atoms with Crippen LogP contribution in [0.2, 0.25) is 0 Å². The van der Waals surface area contributed by atoms with E-state index in [1.54, 1.807) is 6.20 Å². The number of hydrogen-bond donors (Lipinski definition) is 0. The molecule has 3 aromatic heterocycles. The first-order chi connectivity index (χ1) is 16.3. The number of aromatic nitrogens is 4. The first kappa shape index (κ1) is 19.9. The smallest absolute Gasteiger partial charge is 0.137 e. The van der Waals surface area contributed by atoms with E-state index in [1.165, 1.54) is 16.7 Å².